The van der Waals surface area contributed by atoms with Crippen LogP contribution in [-0.4, -0.2) is 19.2 Å². The Morgan fingerprint density at radius 2 is 1.08 bits per heavy atom. The lowest BCUT2D eigenvalue weighted by Crippen LogP contribution is -2.08. The van der Waals surface area contributed by atoms with E-state index in [0.29, 0.717) is 17.9 Å². The van der Waals surface area contributed by atoms with Gasteiger partial charge in [-0.2, -0.15) is 0 Å². The number of carbonyl (C=O) groups is 1. The van der Waals surface area contributed by atoms with Crippen LogP contribution in [0.2, 0.25) is 0 Å². The van der Waals surface area contributed by atoms with Gasteiger partial charge in [0.25, 0.3) is 0 Å². The third-order valence-corrected chi connectivity index (χ3v) is 7.11. The largest absolute Gasteiger partial charge is 0.494 e. The highest BCUT2D eigenvalue weighted by molar-refractivity contribution is 5.91. The van der Waals surface area contributed by atoms with Crippen molar-refractivity contribution in [1.82, 2.24) is 0 Å². The van der Waals surface area contributed by atoms with Crippen LogP contribution in [0, 0.1) is 5.92 Å². The second-order valence-electron chi connectivity index (χ2n) is 10.6. The highest BCUT2D eigenvalue weighted by Gasteiger charge is 2.19. The van der Waals surface area contributed by atoms with Gasteiger partial charge in [-0.3, -0.25) is 0 Å². The molecule has 0 spiro atoms. The average molecular weight is 509 g/mol. The first-order valence-electron chi connectivity index (χ1n) is 14.9. The van der Waals surface area contributed by atoms with Crippen LogP contribution in [0.25, 0.3) is 0 Å². The normalized spacial score (nSPS) is 12.9. The van der Waals surface area contributed by atoms with Gasteiger partial charge in [-0.25, -0.2) is 4.79 Å². The van der Waals surface area contributed by atoms with E-state index in [4.69, 9.17) is 14.2 Å². The van der Waals surface area contributed by atoms with Crippen LogP contribution in [0.3, 0.4) is 0 Å². The van der Waals surface area contributed by atoms with Gasteiger partial charge in [0.2, 0.25) is 0 Å². The van der Waals surface area contributed by atoms with Crippen LogP contribution in [0.4, 0.5) is 0 Å². The van der Waals surface area contributed by atoms with Crippen molar-refractivity contribution in [2.45, 2.75) is 110 Å². The molecule has 0 heterocycles. The summed E-state index contributed by atoms with van der Waals surface area (Å²) < 4.78 is 17.2. The van der Waals surface area contributed by atoms with Crippen molar-refractivity contribution in [2.75, 3.05) is 13.2 Å². The summed E-state index contributed by atoms with van der Waals surface area (Å²) in [6, 6.07) is 14.5. The van der Waals surface area contributed by atoms with Gasteiger partial charge in [-0.15, -0.1) is 0 Å². The molecule has 0 atom stereocenters. The first-order valence-corrected chi connectivity index (χ1v) is 14.9. The quantitative estimate of drug-likeness (QED) is 0.0956. The number of benzene rings is 2. The van der Waals surface area contributed by atoms with E-state index < -0.39 is 0 Å². The van der Waals surface area contributed by atoms with Gasteiger partial charge in [0.1, 0.15) is 17.2 Å². The fourth-order valence-electron chi connectivity index (χ4n) is 4.55. The predicted molar refractivity (Wildman–Crippen MR) is 152 cm³/mol. The molecule has 204 valence electrons. The SMILES string of the molecule is CCCCCCCCOc1ccc(C(=O)Oc2ccc(OCCCCCCCCCC3CC3)cc2)cc1. The lowest BCUT2D eigenvalue weighted by molar-refractivity contribution is 0.0734. The summed E-state index contributed by atoms with van der Waals surface area (Å²) in [5.41, 5.74) is 0.509. The van der Waals surface area contributed by atoms with E-state index in [-0.39, 0.29) is 5.97 Å². The minimum Gasteiger partial charge on any atom is -0.494 e. The Kier molecular flexibility index (Phi) is 14.0. The molecule has 1 aliphatic rings. The molecule has 0 radical (unpaired) electrons. The first kappa shape index (κ1) is 29.1. The molecule has 0 N–H and O–H groups in total. The molecule has 1 saturated carbocycles. The maximum Gasteiger partial charge on any atom is 0.343 e. The summed E-state index contributed by atoms with van der Waals surface area (Å²) >= 11 is 0. The predicted octanol–water partition coefficient (Wildman–Crippen LogP) is 9.55. The van der Waals surface area contributed by atoms with Gasteiger partial charge in [-0.05, 0) is 67.3 Å². The van der Waals surface area contributed by atoms with E-state index in [1.165, 1.54) is 89.9 Å². The fraction of sp³-hybridized carbons (Fsp3) is 0.606. The Morgan fingerprint density at radius 3 is 1.62 bits per heavy atom. The maximum atomic E-state index is 12.5. The van der Waals surface area contributed by atoms with E-state index in [0.717, 1.165) is 36.9 Å². The lowest BCUT2D eigenvalue weighted by atomic mass is 10.1. The first-order chi connectivity index (χ1) is 18.2. The number of rotatable bonds is 21. The maximum absolute atomic E-state index is 12.5. The van der Waals surface area contributed by atoms with Crippen molar-refractivity contribution in [1.29, 1.82) is 0 Å². The molecule has 0 saturated heterocycles. The minimum atomic E-state index is -0.372. The Morgan fingerprint density at radius 1 is 0.622 bits per heavy atom. The van der Waals surface area contributed by atoms with Gasteiger partial charge >= 0.3 is 5.97 Å². The number of hydrogen-bond acceptors (Lipinski definition) is 4. The monoisotopic (exact) mass is 508 g/mol. The summed E-state index contributed by atoms with van der Waals surface area (Å²) in [5, 5.41) is 0. The average Bonchev–Trinajstić information content (AvgIpc) is 3.75. The molecule has 0 bridgehead atoms. The molecule has 1 fully saturated rings. The standard InChI is InChI=1S/C33H48O4/c1-2-3-4-5-10-13-26-35-30-20-18-29(19-21-30)33(34)37-32-24-22-31(23-25-32)36-27-14-11-8-6-7-9-12-15-28-16-17-28/h18-25,28H,2-17,26-27H2,1H3. The van der Waals surface area contributed by atoms with Gasteiger partial charge < -0.3 is 14.2 Å². The second kappa shape index (κ2) is 17.9. The Labute approximate surface area is 225 Å². The molecule has 0 unspecified atom stereocenters. The van der Waals surface area contributed by atoms with Crippen molar-refractivity contribution >= 4 is 5.97 Å². The van der Waals surface area contributed by atoms with Gasteiger partial charge in [-0.1, -0.05) is 96.8 Å². The van der Waals surface area contributed by atoms with Crippen LogP contribution >= 0.6 is 0 Å². The van der Waals surface area contributed by atoms with E-state index >= 15 is 0 Å². The summed E-state index contributed by atoms with van der Waals surface area (Å²) in [4.78, 5) is 12.5. The molecular weight excluding hydrogens is 460 g/mol. The Hall–Kier alpha value is -2.49. The highest BCUT2D eigenvalue weighted by atomic mass is 16.5. The summed E-state index contributed by atoms with van der Waals surface area (Å²) in [7, 11) is 0. The van der Waals surface area contributed by atoms with E-state index in [1.807, 2.05) is 24.3 Å². The molecule has 4 nitrogen and oxygen atoms in total. The van der Waals surface area contributed by atoms with Crippen LogP contribution < -0.4 is 14.2 Å². The number of hydrogen-bond donors (Lipinski definition) is 0. The van der Waals surface area contributed by atoms with Crippen molar-refractivity contribution in [3.63, 3.8) is 0 Å². The third-order valence-electron chi connectivity index (χ3n) is 7.11. The number of carbonyl (C=O) groups excluding carboxylic acids is 1. The smallest absolute Gasteiger partial charge is 0.343 e. The fourth-order valence-corrected chi connectivity index (χ4v) is 4.55. The van der Waals surface area contributed by atoms with Crippen LogP contribution in [0.1, 0.15) is 120 Å². The summed E-state index contributed by atoms with van der Waals surface area (Å²) in [6.07, 6.45) is 21.0. The summed E-state index contributed by atoms with van der Waals surface area (Å²) in [5.74, 6) is 2.82. The molecule has 1 aliphatic carbocycles. The zero-order valence-electron chi connectivity index (χ0n) is 23.1. The third kappa shape index (κ3) is 13.0. The minimum absolute atomic E-state index is 0.372. The lowest BCUT2D eigenvalue weighted by Gasteiger charge is -2.09. The van der Waals surface area contributed by atoms with Crippen LogP contribution in [0.15, 0.2) is 48.5 Å². The number of unbranched alkanes of at least 4 members (excludes halogenated alkanes) is 11. The van der Waals surface area contributed by atoms with E-state index in [1.54, 1.807) is 24.3 Å². The molecule has 0 amide bonds. The molecule has 0 aromatic heterocycles. The van der Waals surface area contributed by atoms with Gasteiger partial charge in [0, 0.05) is 0 Å². The topological polar surface area (TPSA) is 44.8 Å². The molecule has 4 heteroatoms. The van der Waals surface area contributed by atoms with Crippen molar-refractivity contribution in [2.24, 2.45) is 5.92 Å². The molecule has 3 rings (SSSR count). The highest BCUT2D eigenvalue weighted by Crippen LogP contribution is 2.34. The number of esters is 1. The molecule has 2 aromatic rings. The Balaban J connectivity index is 1.23. The molecule has 2 aromatic carbocycles. The molecule has 0 aliphatic heterocycles. The van der Waals surface area contributed by atoms with E-state index in [2.05, 4.69) is 6.92 Å². The van der Waals surface area contributed by atoms with Crippen molar-refractivity contribution < 1.29 is 19.0 Å². The van der Waals surface area contributed by atoms with Crippen LogP contribution in [-0.2, 0) is 0 Å². The summed E-state index contributed by atoms with van der Waals surface area (Å²) in [6.45, 7) is 3.67. The molecular formula is C33H48O4. The zero-order chi connectivity index (χ0) is 26.0. The zero-order valence-corrected chi connectivity index (χ0v) is 23.1. The number of ether oxygens (including phenoxy) is 3. The van der Waals surface area contributed by atoms with E-state index in [9.17, 15) is 4.79 Å². The Bertz CT molecular complexity index is 855. The van der Waals surface area contributed by atoms with Crippen molar-refractivity contribution in [3.05, 3.63) is 54.1 Å². The van der Waals surface area contributed by atoms with Crippen LogP contribution in [0.5, 0.6) is 17.2 Å². The van der Waals surface area contributed by atoms with Gasteiger partial charge in [0.05, 0.1) is 18.8 Å². The molecule has 37 heavy (non-hydrogen) atoms. The van der Waals surface area contributed by atoms with Gasteiger partial charge in [0.15, 0.2) is 0 Å². The second-order valence-corrected chi connectivity index (χ2v) is 10.6. The van der Waals surface area contributed by atoms with Crippen molar-refractivity contribution in [3.8, 4) is 17.2 Å².